The molecule has 0 aliphatic rings. The van der Waals surface area contributed by atoms with Crippen molar-refractivity contribution < 1.29 is 13.9 Å². The van der Waals surface area contributed by atoms with E-state index < -0.39 is 0 Å². The Labute approximate surface area is 117 Å². The second-order valence-electron chi connectivity index (χ2n) is 4.93. The van der Waals surface area contributed by atoms with Crippen LogP contribution in [0.2, 0.25) is 0 Å². The van der Waals surface area contributed by atoms with Crippen LogP contribution in [0.1, 0.15) is 37.6 Å². The van der Waals surface area contributed by atoms with Crippen molar-refractivity contribution in [1.82, 2.24) is 0 Å². The van der Waals surface area contributed by atoms with Crippen LogP contribution in [-0.2, 0) is 0 Å². The topological polar surface area (TPSA) is 18.5 Å². The van der Waals surface area contributed by atoms with Gasteiger partial charge in [-0.05, 0) is 17.9 Å². The molecule has 2 nitrogen and oxygen atoms in total. The van der Waals surface area contributed by atoms with E-state index in [1.165, 1.54) is 13.2 Å². The summed E-state index contributed by atoms with van der Waals surface area (Å²) >= 11 is 3.59. The Bertz CT molecular complexity index is 419. The molecular formula is C14H20BrFO2. The molecule has 0 N–H and O–H groups in total. The third kappa shape index (κ3) is 2.97. The fourth-order valence-electron chi connectivity index (χ4n) is 1.66. The van der Waals surface area contributed by atoms with Crippen LogP contribution in [0.3, 0.4) is 0 Å². The summed E-state index contributed by atoms with van der Waals surface area (Å²) in [6, 6.07) is 3.07. The van der Waals surface area contributed by atoms with E-state index in [-0.39, 0.29) is 16.1 Å². The predicted molar refractivity (Wildman–Crippen MR) is 75.2 cm³/mol. The highest BCUT2D eigenvalue weighted by molar-refractivity contribution is 9.09. The van der Waals surface area contributed by atoms with Crippen molar-refractivity contribution in [2.24, 2.45) is 5.41 Å². The number of hydrogen-bond donors (Lipinski definition) is 0. The van der Waals surface area contributed by atoms with Crippen LogP contribution in [0.4, 0.5) is 4.39 Å². The first-order chi connectivity index (χ1) is 8.37. The lowest BCUT2D eigenvalue weighted by atomic mass is 9.83. The number of rotatable bonds is 5. The first kappa shape index (κ1) is 15.3. The molecule has 18 heavy (non-hydrogen) atoms. The van der Waals surface area contributed by atoms with Crippen LogP contribution in [-0.4, -0.2) is 14.2 Å². The minimum Gasteiger partial charge on any atom is -0.493 e. The molecule has 0 amide bonds. The standard InChI is InChI=1S/C14H20BrFO2/c1-6-14(2,3)13(15)9-7-11(17-4)12(18-5)8-10(9)16/h7-8,13H,6H2,1-5H3. The molecule has 1 aromatic rings. The van der Waals surface area contributed by atoms with Crippen LogP contribution >= 0.6 is 15.9 Å². The summed E-state index contributed by atoms with van der Waals surface area (Å²) in [6.45, 7) is 6.29. The molecule has 0 bridgehead atoms. The van der Waals surface area contributed by atoms with Crippen molar-refractivity contribution in [2.75, 3.05) is 14.2 Å². The summed E-state index contributed by atoms with van der Waals surface area (Å²) in [7, 11) is 3.05. The van der Waals surface area contributed by atoms with Crippen LogP contribution in [0.25, 0.3) is 0 Å². The first-order valence-corrected chi connectivity index (χ1v) is 6.84. The largest absolute Gasteiger partial charge is 0.493 e. The van der Waals surface area contributed by atoms with Crippen molar-refractivity contribution >= 4 is 15.9 Å². The lowest BCUT2D eigenvalue weighted by Crippen LogP contribution is -2.17. The molecule has 0 saturated heterocycles. The van der Waals surface area contributed by atoms with Crippen molar-refractivity contribution in [1.29, 1.82) is 0 Å². The Balaban J connectivity index is 3.25. The Morgan fingerprint density at radius 2 is 1.72 bits per heavy atom. The zero-order valence-electron chi connectivity index (χ0n) is 11.5. The Morgan fingerprint density at radius 3 is 2.17 bits per heavy atom. The molecule has 4 heteroatoms. The monoisotopic (exact) mass is 318 g/mol. The van der Waals surface area contributed by atoms with E-state index in [9.17, 15) is 4.39 Å². The SMILES string of the molecule is CCC(C)(C)C(Br)c1cc(OC)c(OC)cc1F. The summed E-state index contributed by atoms with van der Waals surface area (Å²) in [5.74, 6) is 0.675. The number of hydrogen-bond acceptors (Lipinski definition) is 2. The average molecular weight is 319 g/mol. The highest BCUT2D eigenvalue weighted by Crippen LogP contribution is 2.45. The van der Waals surface area contributed by atoms with Gasteiger partial charge in [0.15, 0.2) is 11.5 Å². The van der Waals surface area contributed by atoms with Crippen molar-refractivity contribution in [3.05, 3.63) is 23.5 Å². The van der Waals surface area contributed by atoms with Crippen molar-refractivity contribution in [3.63, 3.8) is 0 Å². The average Bonchev–Trinajstić information content (AvgIpc) is 2.37. The van der Waals surface area contributed by atoms with Gasteiger partial charge < -0.3 is 9.47 Å². The maximum absolute atomic E-state index is 14.1. The van der Waals surface area contributed by atoms with Gasteiger partial charge in [-0.25, -0.2) is 4.39 Å². The third-order valence-electron chi connectivity index (χ3n) is 3.37. The zero-order valence-corrected chi connectivity index (χ0v) is 13.1. The van der Waals surface area contributed by atoms with E-state index in [1.807, 2.05) is 0 Å². The number of benzene rings is 1. The van der Waals surface area contributed by atoms with Crippen LogP contribution in [0.5, 0.6) is 11.5 Å². The van der Waals surface area contributed by atoms with Gasteiger partial charge in [0.2, 0.25) is 0 Å². The minimum absolute atomic E-state index is 0.0412. The molecular weight excluding hydrogens is 299 g/mol. The highest BCUT2D eigenvalue weighted by atomic mass is 79.9. The summed E-state index contributed by atoms with van der Waals surface area (Å²) in [5.41, 5.74) is 0.556. The Hall–Kier alpha value is -0.770. The smallest absolute Gasteiger partial charge is 0.163 e. The van der Waals surface area contributed by atoms with Gasteiger partial charge >= 0.3 is 0 Å². The van der Waals surface area contributed by atoms with E-state index in [0.29, 0.717) is 17.1 Å². The van der Waals surface area contributed by atoms with E-state index >= 15 is 0 Å². The van der Waals surface area contributed by atoms with Crippen LogP contribution < -0.4 is 9.47 Å². The summed E-state index contributed by atoms with van der Waals surface area (Å²) in [6.07, 6.45) is 0.941. The Kier molecular flexibility index (Phi) is 5.02. The second-order valence-corrected chi connectivity index (χ2v) is 5.85. The number of ether oxygens (including phenoxy) is 2. The molecule has 1 atom stereocenters. The van der Waals surface area contributed by atoms with E-state index in [1.54, 1.807) is 13.2 Å². The molecule has 102 valence electrons. The second kappa shape index (κ2) is 5.91. The van der Waals surface area contributed by atoms with Crippen LogP contribution in [0.15, 0.2) is 12.1 Å². The number of halogens is 2. The molecule has 0 fully saturated rings. The van der Waals surface area contributed by atoms with Gasteiger partial charge in [0.05, 0.1) is 14.2 Å². The third-order valence-corrected chi connectivity index (χ3v) is 5.11. The van der Waals surface area contributed by atoms with Crippen molar-refractivity contribution in [2.45, 2.75) is 32.0 Å². The minimum atomic E-state index is -0.281. The van der Waals surface area contributed by atoms with Crippen LogP contribution in [0, 0.1) is 11.2 Å². The summed E-state index contributed by atoms with van der Waals surface area (Å²) in [4.78, 5) is -0.0743. The van der Waals surface area contributed by atoms with Gasteiger partial charge in [-0.15, -0.1) is 0 Å². The van der Waals surface area contributed by atoms with Crippen molar-refractivity contribution in [3.8, 4) is 11.5 Å². The predicted octanol–water partition coefficient (Wildman–Crippen LogP) is 4.72. The highest BCUT2D eigenvalue weighted by Gasteiger charge is 2.30. The molecule has 1 rings (SSSR count). The zero-order chi connectivity index (χ0) is 13.9. The molecule has 0 heterocycles. The first-order valence-electron chi connectivity index (χ1n) is 5.92. The number of methoxy groups -OCH3 is 2. The molecule has 0 aliphatic heterocycles. The van der Waals surface area contributed by atoms with Gasteiger partial charge in [-0.2, -0.15) is 0 Å². The fourth-order valence-corrected chi connectivity index (χ4v) is 2.34. The van der Waals surface area contributed by atoms with E-state index in [2.05, 4.69) is 36.7 Å². The van der Waals surface area contributed by atoms with Gasteiger partial charge in [0, 0.05) is 16.5 Å². The normalized spacial score (nSPS) is 13.3. The molecule has 1 unspecified atom stereocenters. The lowest BCUT2D eigenvalue weighted by molar-refractivity contribution is 0.332. The number of alkyl halides is 1. The molecule has 0 saturated carbocycles. The fraction of sp³-hybridized carbons (Fsp3) is 0.571. The Morgan fingerprint density at radius 1 is 1.22 bits per heavy atom. The summed E-state index contributed by atoms with van der Waals surface area (Å²) in [5, 5.41) is 0. The molecule has 0 radical (unpaired) electrons. The molecule has 0 aliphatic carbocycles. The lowest BCUT2D eigenvalue weighted by Gasteiger charge is -2.30. The molecule has 1 aromatic carbocycles. The van der Waals surface area contributed by atoms with Gasteiger partial charge in [-0.3, -0.25) is 0 Å². The van der Waals surface area contributed by atoms with Gasteiger partial charge in [0.1, 0.15) is 5.82 Å². The van der Waals surface area contributed by atoms with Gasteiger partial charge in [-0.1, -0.05) is 36.7 Å². The maximum atomic E-state index is 14.1. The quantitative estimate of drug-likeness (QED) is 0.732. The maximum Gasteiger partial charge on any atom is 0.163 e. The molecule has 0 aromatic heterocycles. The van der Waals surface area contributed by atoms with Gasteiger partial charge in [0.25, 0.3) is 0 Å². The molecule has 0 spiro atoms. The summed E-state index contributed by atoms with van der Waals surface area (Å²) < 4.78 is 24.4. The van der Waals surface area contributed by atoms with E-state index in [4.69, 9.17) is 9.47 Å². The van der Waals surface area contributed by atoms with E-state index in [0.717, 1.165) is 6.42 Å².